The number of nitrogens with zero attached hydrogens (tertiary/aromatic N) is 2. The zero-order chi connectivity index (χ0) is 24.8. The fourth-order valence-electron chi connectivity index (χ4n) is 7.38. The van der Waals surface area contributed by atoms with Crippen molar-refractivity contribution in [3.8, 4) is 0 Å². The number of fused-ring (bicyclic) bond motifs is 5. The Morgan fingerprint density at radius 3 is 2.71 bits per heavy atom. The van der Waals surface area contributed by atoms with E-state index in [0.717, 1.165) is 41.3 Å². The Kier molecular flexibility index (Phi) is 6.35. The van der Waals surface area contributed by atoms with Crippen LogP contribution in [0.25, 0.3) is 16.5 Å². The van der Waals surface area contributed by atoms with Crippen LogP contribution in [0.2, 0.25) is 0 Å². The van der Waals surface area contributed by atoms with Crippen molar-refractivity contribution < 1.29 is 14.6 Å². The van der Waals surface area contributed by atoms with Crippen LogP contribution in [-0.4, -0.2) is 51.7 Å². The molecule has 188 valence electrons. The normalized spacial score (nSPS) is 38.2. The van der Waals surface area contributed by atoms with Crippen LogP contribution in [-0.2, 0) is 0 Å². The van der Waals surface area contributed by atoms with Gasteiger partial charge in [-0.1, -0.05) is 30.7 Å². The highest BCUT2D eigenvalue weighted by Crippen LogP contribution is 2.65. The van der Waals surface area contributed by atoms with Crippen molar-refractivity contribution in [2.24, 2.45) is 17.3 Å². The highest BCUT2D eigenvalue weighted by molar-refractivity contribution is 5.84. The Bertz CT molecular complexity index is 1170. The van der Waals surface area contributed by atoms with Crippen molar-refractivity contribution in [1.29, 1.82) is 0 Å². The maximum atomic E-state index is 16.7. The standard InChI is InChI=1S/C27H31FN2O2.C2H7N/c1-25-10-11-26(28)14-20-12-21(31)5-4-17(20)8-9-27(26,32)24(25)7-6-22(25)18-2-3-19-15-29-16-30-23(19)13-18;1-3-2/h2-3,6,13-17,21,24,31-32H,4-5,7-12H2,1H3;3H,1-2H3/t17?,21?,24?,25?,26?,27-;/m0./s1. The molecule has 2 aromatic rings. The molecule has 6 rings (SSSR count). The lowest BCUT2D eigenvalue weighted by molar-refractivity contribution is -0.172. The Balaban J connectivity index is 0.000000806. The lowest BCUT2D eigenvalue weighted by Gasteiger charge is -2.55. The van der Waals surface area contributed by atoms with Crippen LogP contribution in [0.1, 0.15) is 63.9 Å². The van der Waals surface area contributed by atoms with Crippen LogP contribution < -0.4 is 5.32 Å². The topological polar surface area (TPSA) is 78.3 Å². The van der Waals surface area contributed by atoms with E-state index in [1.807, 2.05) is 26.4 Å². The van der Waals surface area contributed by atoms with Gasteiger partial charge >= 0.3 is 0 Å². The monoisotopic (exact) mass is 479 g/mol. The quantitative estimate of drug-likeness (QED) is 0.503. The number of hydrogen-bond acceptors (Lipinski definition) is 5. The smallest absolute Gasteiger partial charge is 0.158 e. The Labute approximate surface area is 207 Å². The van der Waals surface area contributed by atoms with E-state index < -0.39 is 11.3 Å². The predicted octanol–water partition coefficient (Wildman–Crippen LogP) is 4.99. The number of aliphatic hydroxyl groups excluding tert-OH is 1. The molecular weight excluding hydrogens is 441 g/mol. The summed E-state index contributed by atoms with van der Waals surface area (Å²) in [5, 5.41) is 26.0. The third-order valence-electron chi connectivity index (χ3n) is 9.20. The first-order chi connectivity index (χ1) is 16.7. The number of alkyl halides is 1. The van der Waals surface area contributed by atoms with Crippen LogP contribution >= 0.6 is 0 Å². The van der Waals surface area contributed by atoms with Gasteiger partial charge in [-0.2, -0.15) is 0 Å². The average molecular weight is 480 g/mol. The van der Waals surface area contributed by atoms with Gasteiger partial charge < -0.3 is 15.5 Å². The van der Waals surface area contributed by atoms with Crippen molar-refractivity contribution in [2.45, 2.75) is 75.7 Å². The molecule has 0 aliphatic heterocycles. The SMILES string of the molecule is CC12CCC3(F)C=C4CC(O)CCC4CC[C@]3(O)C1CC=C2c1ccc2cncnc2c1.CNC. The number of benzene rings is 1. The third-order valence-corrected chi connectivity index (χ3v) is 9.20. The zero-order valence-corrected chi connectivity index (χ0v) is 21.1. The number of allylic oxidation sites excluding steroid dienone is 2. The minimum atomic E-state index is -1.72. The molecule has 0 saturated heterocycles. The van der Waals surface area contributed by atoms with E-state index in [-0.39, 0.29) is 17.4 Å². The van der Waals surface area contributed by atoms with Gasteiger partial charge in [0.1, 0.15) is 11.9 Å². The van der Waals surface area contributed by atoms with E-state index in [0.29, 0.717) is 38.0 Å². The average Bonchev–Trinajstić information content (AvgIpc) is 3.14. The molecule has 35 heavy (non-hydrogen) atoms. The minimum Gasteiger partial charge on any atom is -0.393 e. The van der Waals surface area contributed by atoms with Crippen LogP contribution in [0, 0.1) is 17.3 Å². The Morgan fingerprint density at radius 2 is 1.91 bits per heavy atom. The largest absolute Gasteiger partial charge is 0.393 e. The summed E-state index contributed by atoms with van der Waals surface area (Å²) in [6, 6.07) is 6.26. The van der Waals surface area contributed by atoms with Crippen molar-refractivity contribution in [3.63, 3.8) is 0 Å². The minimum absolute atomic E-state index is 0.160. The van der Waals surface area contributed by atoms with Crippen molar-refractivity contribution in [3.05, 3.63) is 54.0 Å². The summed E-state index contributed by atoms with van der Waals surface area (Å²) < 4.78 is 16.7. The molecule has 0 amide bonds. The molecule has 2 fully saturated rings. The second kappa shape index (κ2) is 9.06. The number of aliphatic hydroxyl groups is 2. The second-order valence-corrected chi connectivity index (χ2v) is 11.3. The van der Waals surface area contributed by atoms with E-state index in [2.05, 4.69) is 40.4 Å². The zero-order valence-electron chi connectivity index (χ0n) is 21.1. The molecule has 6 atom stereocenters. The first kappa shape index (κ1) is 24.5. The summed E-state index contributed by atoms with van der Waals surface area (Å²) in [6.45, 7) is 2.22. The molecule has 5 nitrogen and oxygen atoms in total. The molecule has 0 spiro atoms. The molecule has 6 heteroatoms. The first-order valence-corrected chi connectivity index (χ1v) is 13.0. The van der Waals surface area contributed by atoms with Gasteiger partial charge in [-0.05, 0) is 100 Å². The summed E-state index contributed by atoms with van der Waals surface area (Å²) in [7, 11) is 3.75. The first-order valence-electron chi connectivity index (χ1n) is 13.0. The summed E-state index contributed by atoms with van der Waals surface area (Å²) in [5.41, 5.74) is 0.875. The molecular formula is C29H38FN3O2. The molecule has 1 aromatic carbocycles. The van der Waals surface area contributed by atoms with Gasteiger partial charge in [0.05, 0.1) is 11.6 Å². The molecule has 5 unspecified atom stereocenters. The Morgan fingerprint density at radius 1 is 1.11 bits per heavy atom. The van der Waals surface area contributed by atoms with Gasteiger partial charge in [0, 0.05) is 17.5 Å². The van der Waals surface area contributed by atoms with Gasteiger partial charge in [-0.15, -0.1) is 0 Å². The van der Waals surface area contributed by atoms with Gasteiger partial charge in [0.25, 0.3) is 0 Å². The van der Waals surface area contributed by atoms with Gasteiger partial charge in [0.15, 0.2) is 5.67 Å². The highest BCUT2D eigenvalue weighted by atomic mass is 19.1. The number of hydrogen-bond donors (Lipinski definition) is 3. The lowest BCUT2D eigenvalue weighted by atomic mass is 9.53. The van der Waals surface area contributed by atoms with E-state index in [1.165, 1.54) is 5.57 Å². The predicted molar refractivity (Wildman–Crippen MR) is 137 cm³/mol. The van der Waals surface area contributed by atoms with Crippen molar-refractivity contribution >= 4 is 16.5 Å². The molecule has 2 saturated carbocycles. The molecule has 4 aliphatic carbocycles. The van der Waals surface area contributed by atoms with E-state index in [9.17, 15) is 10.2 Å². The summed E-state index contributed by atoms with van der Waals surface area (Å²) in [5.74, 6) is 0.132. The van der Waals surface area contributed by atoms with E-state index >= 15 is 4.39 Å². The highest BCUT2D eigenvalue weighted by Gasteiger charge is 2.65. The van der Waals surface area contributed by atoms with Gasteiger partial charge in [-0.3, -0.25) is 0 Å². The fourth-order valence-corrected chi connectivity index (χ4v) is 7.38. The summed E-state index contributed by atoms with van der Waals surface area (Å²) in [6.07, 6.45) is 12.2. The van der Waals surface area contributed by atoms with Crippen LogP contribution in [0.3, 0.4) is 0 Å². The van der Waals surface area contributed by atoms with Crippen LogP contribution in [0.15, 0.2) is 48.4 Å². The molecule has 0 bridgehead atoms. The number of aromatic nitrogens is 2. The lowest BCUT2D eigenvalue weighted by Crippen LogP contribution is -2.61. The maximum absolute atomic E-state index is 16.7. The molecule has 1 heterocycles. The van der Waals surface area contributed by atoms with Crippen molar-refractivity contribution in [2.75, 3.05) is 14.1 Å². The number of rotatable bonds is 1. The maximum Gasteiger partial charge on any atom is 0.158 e. The third kappa shape index (κ3) is 3.94. The summed E-state index contributed by atoms with van der Waals surface area (Å²) in [4.78, 5) is 8.52. The van der Waals surface area contributed by atoms with Crippen molar-refractivity contribution in [1.82, 2.24) is 15.3 Å². The van der Waals surface area contributed by atoms with Gasteiger partial charge in [0.2, 0.25) is 0 Å². The molecule has 4 aliphatic rings. The molecule has 1 aromatic heterocycles. The number of halogens is 1. The summed E-state index contributed by atoms with van der Waals surface area (Å²) >= 11 is 0. The van der Waals surface area contributed by atoms with Gasteiger partial charge in [-0.25, -0.2) is 14.4 Å². The van der Waals surface area contributed by atoms with E-state index in [4.69, 9.17) is 0 Å². The second-order valence-electron chi connectivity index (χ2n) is 11.3. The molecule has 3 N–H and O–H groups in total. The van der Waals surface area contributed by atoms with Crippen LogP contribution in [0.5, 0.6) is 0 Å². The van der Waals surface area contributed by atoms with E-state index in [1.54, 1.807) is 12.4 Å². The number of nitrogens with one attached hydrogen (secondary N) is 1. The Hall–Kier alpha value is -2.15. The fraction of sp³-hybridized carbons (Fsp3) is 0.586. The van der Waals surface area contributed by atoms with Crippen LogP contribution in [0.4, 0.5) is 4.39 Å². The molecule has 0 radical (unpaired) electrons.